The van der Waals surface area contributed by atoms with E-state index in [-0.39, 0.29) is 17.4 Å². The van der Waals surface area contributed by atoms with Gasteiger partial charge in [-0.1, -0.05) is 19.3 Å². The molecule has 4 rings (SSSR count). The number of aliphatic hydroxyl groups is 1. The molecule has 2 fully saturated rings. The van der Waals surface area contributed by atoms with E-state index in [1.54, 1.807) is 36.3 Å². The Bertz CT molecular complexity index is 1010. The summed E-state index contributed by atoms with van der Waals surface area (Å²) in [6, 6.07) is 8.08. The highest BCUT2D eigenvalue weighted by Crippen LogP contribution is 2.43. The number of ketones is 1. The molecule has 2 aromatic rings. The first-order valence-electron chi connectivity index (χ1n) is 10.4. The molecule has 1 saturated heterocycles. The van der Waals surface area contributed by atoms with Crippen LogP contribution in [-0.2, 0) is 9.59 Å². The second-order valence-corrected chi connectivity index (χ2v) is 8.13. The Morgan fingerprint density at radius 3 is 2.43 bits per heavy atom. The fraction of sp³-hybridized carbons (Fsp3) is 0.417. The average molecular weight is 409 g/mol. The van der Waals surface area contributed by atoms with Crippen molar-refractivity contribution in [3.05, 3.63) is 58.6 Å². The topological polar surface area (TPSA) is 80.0 Å². The van der Waals surface area contributed by atoms with Gasteiger partial charge in [-0.2, -0.15) is 0 Å². The number of rotatable bonds is 4. The van der Waals surface area contributed by atoms with Crippen molar-refractivity contribution in [2.24, 2.45) is 0 Å². The lowest BCUT2D eigenvalue weighted by atomic mass is 9.92. The van der Waals surface area contributed by atoms with Crippen LogP contribution in [0.3, 0.4) is 0 Å². The van der Waals surface area contributed by atoms with E-state index in [9.17, 15) is 14.7 Å². The molecule has 1 aromatic carbocycles. The Balaban J connectivity index is 1.86. The predicted molar refractivity (Wildman–Crippen MR) is 112 cm³/mol. The molecule has 0 bridgehead atoms. The van der Waals surface area contributed by atoms with Gasteiger partial charge in [-0.3, -0.25) is 9.59 Å². The van der Waals surface area contributed by atoms with E-state index in [2.05, 4.69) is 0 Å². The van der Waals surface area contributed by atoms with Crippen LogP contribution in [0.25, 0.3) is 5.76 Å². The third-order valence-corrected chi connectivity index (χ3v) is 6.17. The van der Waals surface area contributed by atoms with Gasteiger partial charge in [-0.05, 0) is 62.6 Å². The second-order valence-electron chi connectivity index (χ2n) is 8.13. The molecular weight excluding hydrogens is 382 g/mol. The fourth-order valence-electron chi connectivity index (χ4n) is 4.64. The summed E-state index contributed by atoms with van der Waals surface area (Å²) in [6.07, 6.45) is 4.88. The smallest absolute Gasteiger partial charge is 0.296 e. The molecule has 1 aliphatic carbocycles. The molecule has 30 heavy (non-hydrogen) atoms. The largest absolute Gasteiger partial charge is 0.507 e. The Labute approximate surface area is 176 Å². The lowest BCUT2D eigenvalue weighted by Gasteiger charge is -2.34. The Morgan fingerprint density at radius 1 is 1.10 bits per heavy atom. The third kappa shape index (κ3) is 3.40. The van der Waals surface area contributed by atoms with Crippen molar-refractivity contribution < 1.29 is 23.8 Å². The minimum atomic E-state index is -0.719. The molecule has 1 amide bonds. The summed E-state index contributed by atoms with van der Waals surface area (Å²) in [5, 5.41) is 11.2. The molecule has 1 unspecified atom stereocenters. The van der Waals surface area contributed by atoms with Crippen molar-refractivity contribution in [3.8, 4) is 5.75 Å². The van der Waals surface area contributed by atoms with E-state index in [1.165, 1.54) is 0 Å². The first kappa shape index (κ1) is 20.3. The Kier molecular flexibility index (Phi) is 5.41. The van der Waals surface area contributed by atoms with Crippen molar-refractivity contribution >= 4 is 17.4 Å². The van der Waals surface area contributed by atoms with Gasteiger partial charge >= 0.3 is 0 Å². The molecule has 6 heteroatoms. The van der Waals surface area contributed by atoms with Gasteiger partial charge < -0.3 is 19.2 Å². The highest BCUT2D eigenvalue weighted by molar-refractivity contribution is 6.46. The van der Waals surface area contributed by atoms with E-state index in [1.807, 2.05) is 19.9 Å². The van der Waals surface area contributed by atoms with Gasteiger partial charge in [-0.25, -0.2) is 0 Å². The number of hydrogen-bond acceptors (Lipinski definition) is 5. The van der Waals surface area contributed by atoms with Crippen LogP contribution in [0.5, 0.6) is 5.75 Å². The minimum absolute atomic E-state index is 0.0344. The maximum Gasteiger partial charge on any atom is 0.296 e. The first-order valence-corrected chi connectivity index (χ1v) is 10.4. The van der Waals surface area contributed by atoms with Gasteiger partial charge in [0.2, 0.25) is 0 Å². The van der Waals surface area contributed by atoms with Crippen LogP contribution in [0.15, 0.2) is 40.3 Å². The van der Waals surface area contributed by atoms with E-state index < -0.39 is 17.7 Å². The number of benzene rings is 1. The normalized spacial score (nSPS) is 22.0. The molecule has 1 atom stereocenters. The zero-order valence-electron chi connectivity index (χ0n) is 17.6. The second kappa shape index (κ2) is 8.01. The van der Waals surface area contributed by atoms with Crippen molar-refractivity contribution in [1.82, 2.24) is 4.90 Å². The lowest BCUT2D eigenvalue weighted by molar-refractivity contribution is -0.142. The summed E-state index contributed by atoms with van der Waals surface area (Å²) >= 11 is 0. The molecule has 6 nitrogen and oxygen atoms in total. The van der Waals surface area contributed by atoms with Crippen LogP contribution in [0, 0.1) is 13.8 Å². The van der Waals surface area contributed by atoms with Gasteiger partial charge in [0.15, 0.2) is 0 Å². The van der Waals surface area contributed by atoms with Gasteiger partial charge in [0.1, 0.15) is 29.1 Å². The summed E-state index contributed by atoms with van der Waals surface area (Å²) in [5.41, 5.74) is 1.35. The SMILES string of the molecule is COc1ccc(/C(O)=C2/C(=O)C(=O)N(C3CCCCC3)C2c2ccc(C)o2)c(C)c1. The maximum atomic E-state index is 13.1. The average Bonchev–Trinajstić information content (AvgIpc) is 3.29. The summed E-state index contributed by atoms with van der Waals surface area (Å²) in [4.78, 5) is 27.9. The zero-order chi connectivity index (χ0) is 21.4. The number of aliphatic hydroxyl groups excluding tert-OH is 1. The van der Waals surface area contributed by atoms with Crippen LogP contribution in [0.4, 0.5) is 0 Å². The number of hydrogen-bond donors (Lipinski definition) is 1. The first-order chi connectivity index (χ1) is 14.4. The summed E-state index contributed by atoms with van der Waals surface area (Å²) in [6.45, 7) is 3.66. The summed E-state index contributed by atoms with van der Waals surface area (Å²) in [7, 11) is 1.57. The standard InChI is InChI=1S/C24H27NO5/c1-14-13-17(29-3)10-11-18(14)22(26)20-21(19-12-9-15(2)30-19)25(24(28)23(20)27)16-7-5-4-6-8-16/h9-13,16,21,26H,4-8H2,1-3H3/b22-20-. The van der Waals surface area contributed by atoms with Gasteiger partial charge in [-0.15, -0.1) is 0 Å². The quantitative estimate of drug-likeness (QED) is 0.451. The van der Waals surface area contributed by atoms with Gasteiger partial charge in [0, 0.05) is 11.6 Å². The molecule has 1 aliphatic heterocycles. The predicted octanol–water partition coefficient (Wildman–Crippen LogP) is 4.66. The van der Waals surface area contributed by atoms with Crippen LogP contribution in [-0.4, -0.2) is 34.8 Å². The zero-order valence-corrected chi connectivity index (χ0v) is 17.6. The molecule has 1 N–H and O–H groups in total. The van der Waals surface area contributed by atoms with E-state index in [4.69, 9.17) is 9.15 Å². The van der Waals surface area contributed by atoms with Gasteiger partial charge in [0.05, 0.1) is 12.7 Å². The number of Topliss-reactive ketones (excluding diaryl/α,β-unsaturated/α-hetero) is 1. The number of likely N-dealkylation sites (tertiary alicyclic amines) is 1. The number of methoxy groups -OCH3 is 1. The fourth-order valence-corrected chi connectivity index (χ4v) is 4.64. The van der Waals surface area contributed by atoms with Crippen LogP contribution in [0.1, 0.15) is 60.8 Å². The number of carbonyl (C=O) groups excluding carboxylic acids is 2. The Hall–Kier alpha value is -3.02. The minimum Gasteiger partial charge on any atom is -0.507 e. The van der Waals surface area contributed by atoms with Crippen LogP contribution < -0.4 is 4.74 Å². The summed E-state index contributed by atoms with van der Waals surface area (Å²) < 4.78 is 11.1. The monoisotopic (exact) mass is 409 g/mol. The van der Waals surface area contributed by atoms with E-state index >= 15 is 0 Å². The third-order valence-electron chi connectivity index (χ3n) is 6.17. The van der Waals surface area contributed by atoms with Crippen molar-refractivity contribution in [1.29, 1.82) is 0 Å². The number of carbonyl (C=O) groups is 2. The highest BCUT2D eigenvalue weighted by Gasteiger charge is 2.50. The van der Waals surface area contributed by atoms with Crippen LogP contribution >= 0.6 is 0 Å². The van der Waals surface area contributed by atoms with Crippen molar-refractivity contribution in [2.45, 2.75) is 58.0 Å². The molecule has 1 aromatic heterocycles. The molecular formula is C24H27NO5. The molecule has 0 spiro atoms. The molecule has 2 heterocycles. The molecule has 0 radical (unpaired) electrons. The highest BCUT2D eigenvalue weighted by atomic mass is 16.5. The van der Waals surface area contributed by atoms with Gasteiger partial charge in [0.25, 0.3) is 11.7 Å². The van der Waals surface area contributed by atoms with Crippen molar-refractivity contribution in [3.63, 3.8) is 0 Å². The number of ether oxygens (including phenoxy) is 1. The van der Waals surface area contributed by atoms with E-state index in [0.29, 0.717) is 22.8 Å². The van der Waals surface area contributed by atoms with Crippen LogP contribution in [0.2, 0.25) is 0 Å². The molecule has 158 valence electrons. The van der Waals surface area contributed by atoms with Crippen molar-refractivity contribution in [2.75, 3.05) is 7.11 Å². The number of amides is 1. The number of aryl methyl sites for hydroxylation is 2. The summed E-state index contributed by atoms with van der Waals surface area (Å²) in [5.74, 6) is 0.460. The lowest BCUT2D eigenvalue weighted by Crippen LogP contribution is -2.40. The Morgan fingerprint density at radius 2 is 1.83 bits per heavy atom. The number of nitrogens with zero attached hydrogens (tertiary/aromatic N) is 1. The van der Waals surface area contributed by atoms with E-state index in [0.717, 1.165) is 37.7 Å². The molecule has 1 saturated carbocycles. The maximum absolute atomic E-state index is 13.1. The number of furan rings is 1. The molecule has 2 aliphatic rings.